The SMILES string of the molecule is Nc1nc(C2(c3cccc4ccccc34)CCCC2)cs1. The first kappa shape index (κ1) is 12.8. The van der Waals surface area contributed by atoms with Gasteiger partial charge in [-0.3, -0.25) is 0 Å². The van der Waals surface area contributed by atoms with Gasteiger partial charge in [0.25, 0.3) is 0 Å². The lowest BCUT2D eigenvalue weighted by molar-refractivity contribution is 0.526. The van der Waals surface area contributed by atoms with Crippen LogP contribution in [0.25, 0.3) is 10.8 Å². The molecule has 1 fully saturated rings. The molecule has 1 heterocycles. The Bertz CT molecular complexity index is 779. The number of nitrogens with two attached hydrogens (primary N) is 1. The molecule has 0 saturated heterocycles. The zero-order chi connectivity index (χ0) is 14.3. The molecule has 1 aliphatic rings. The lowest BCUT2D eigenvalue weighted by atomic mass is 9.74. The van der Waals surface area contributed by atoms with Gasteiger partial charge in [-0.2, -0.15) is 0 Å². The molecule has 0 bridgehead atoms. The number of fused-ring (bicyclic) bond motifs is 1. The van der Waals surface area contributed by atoms with E-state index in [0.29, 0.717) is 5.13 Å². The molecule has 0 spiro atoms. The van der Waals surface area contributed by atoms with Crippen LogP contribution in [0.3, 0.4) is 0 Å². The van der Waals surface area contributed by atoms with Crippen molar-refractivity contribution in [2.75, 3.05) is 5.73 Å². The smallest absolute Gasteiger partial charge is 0.180 e. The van der Waals surface area contributed by atoms with Crippen LogP contribution in [0.4, 0.5) is 5.13 Å². The second-order valence-corrected chi connectivity index (χ2v) is 6.78. The maximum absolute atomic E-state index is 5.90. The standard InChI is InChI=1S/C18H18N2S/c19-17-20-16(12-21-17)18(10-3-4-11-18)15-9-5-7-13-6-1-2-8-14(13)15/h1-2,5-9,12H,3-4,10-11H2,(H2,19,20). The highest BCUT2D eigenvalue weighted by atomic mass is 32.1. The molecule has 0 aliphatic heterocycles. The molecule has 1 saturated carbocycles. The number of anilines is 1. The van der Waals surface area contributed by atoms with E-state index in [1.807, 2.05) is 0 Å². The minimum atomic E-state index is 0.0506. The molecule has 1 aliphatic carbocycles. The number of thiazole rings is 1. The molecule has 3 heteroatoms. The van der Waals surface area contributed by atoms with E-state index in [4.69, 9.17) is 5.73 Å². The summed E-state index contributed by atoms with van der Waals surface area (Å²) >= 11 is 1.56. The van der Waals surface area contributed by atoms with Crippen LogP contribution in [0.5, 0.6) is 0 Å². The van der Waals surface area contributed by atoms with Gasteiger partial charge in [-0.05, 0) is 29.2 Å². The summed E-state index contributed by atoms with van der Waals surface area (Å²) < 4.78 is 0. The van der Waals surface area contributed by atoms with Crippen LogP contribution < -0.4 is 5.73 Å². The molecule has 0 amide bonds. The van der Waals surface area contributed by atoms with Crippen molar-refractivity contribution in [3.63, 3.8) is 0 Å². The molecule has 2 N–H and O–H groups in total. The van der Waals surface area contributed by atoms with Crippen molar-refractivity contribution >= 4 is 27.2 Å². The van der Waals surface area contributed by atoms with Crippen LogP contribution >= 0.6 is 11.3 Å². The predicted molar refractivity (Wildman–Crippen MR) is 89.7 cm³/mol. The Labute approximate surface area is 128 Å². The van der Waals surface area contributed by atoms with Crippen LogP contribution in [0.1, 0.15) is 36.9 Å². The second-order valence-electron chi connectivity index (χ2n) is 5.89. The van der Waals surface area contributed by atoms with E-state index in [1.165, 1.54) is 47.7 Å². The fourth-order valence-corrected chi connectivity index (χ4v) is 4.45. The molecule has 0 atom stereocenters. The summed E-state index contributed by atoms with van der Waals surface area (Å²) in [6, 6.07) is 15.3. The number of hydrogen-bond donors (Lipinski definition) is 1. The van der Waals surface area contributed by atoms with E-state index in [2.05, 4.69) is 52.8 Å². The summed E-state index contributed by atoms with van der Waals surface area (Å²) in [6.07, 6.45) is 4.87. The zero-order valence-corrected chi connectivity index (χ0v) is 12.7. The van der Waals surface area contributed by atoms with Crippen LogP contribution in [0.15, 0.2) is 47.8 Å². The lowest BCUT2D eigenvalue weighted by Crippen LogP contribution is -2.24. The highest BCUT2D eigenvalue weighted by molar-refractivity contribution is 7.13. The Kier molecular flexibility index (Phi) is 2.96. The van der Waals surface area contributed by atoms with E-state index in [0.717, 1.165) is 0 Å². The molecule has 2 aromatic carbocycles. The van der Waals surface area contributed by atoms with Crippen molar-refractivity contribution in [2.45, 2.75) is 31.1 Å². The van der Waals surface area contributed by atoms with Gasteiger partial charge < -0.3 is 5.73 Å². The monoisotopic (exact) mass is 294 g/mol. The molecule has 21 heavy (non-hydrogen) atoms. The first-order valence-electron chi connectivity index (χ1n) is 7.49. The molecule has 1 aromatic heterocycles. The van der Waals surface area contributed by atoms with E-state index >= 15 is 0 Å². The number of rotatable bonds is 2. The minimum Gasteiger partial charge on any atom is -0.375 e. The normalized spacial score (nSPS) is 17.3. The van der Waals surface area contributed by atoms with Gasteiger partial charge in [0.15, 0.2) is 5.13 Å². The third-order valence-electron chi connectivity index (χ3n) is 4.77. The van der Waals surface area contributed by atoms with Crippen molar-refractivity contribution < 1.29 is 0 Å². The predicted octanol–water partition coefficient (Wildman–Crippen LogP) is 4.74. The van der Waals surface area contributed by atoms with Crippen molar-refractivity contribution in [1.29, 1.82) is 0 Å². The maximum Gasteiger partial charge on any atom is 0.180 e. The van der Waals surface area contributed by atoms with Gasteiger partial charge >= 0.3 is 0 Å². The third-order valence-corrected chi connectivity index (χ3v) is 5.45. The molecule has 4 rings (SSSR count). The van der Waals surface area contributed by atoms with E-state index in [9.17, 15) is 0 Å². The van der Waals surface area contributed by atoms with Crippen molar-refractivity contribution in [1.82, 2.24) is 4.98 Å². The van der Waals surface area contributed by atoms with Gasteiger partial charge in [-0.15, -0.1) is 11.3 Å². The summed E-state index contributed by atoms with van der Waals surface area (Å²) in [5.74, 6) is 0. The van der Waals surface area contributed by atoms with Gasteiger partial charge in [0.1, 0.15) is 0 Å². The fourth-order valence-electron chi connectivity index (χ4n) is 3.79. The minimum absolute atomic E-state index is 0.0506. The third kappa shape index (κ3) is 1.95. The average Bonchev–Trinajstić information content (AvgIpc) is 3.16. The van der Waals surface area contributed by atoms with Crippen LogP contribution in [0, 0.1) is 0 Å². The quantitative estimate of drug-likeness (QED) is 0.741. The maximum atomic E-state index is 5.90. The summed E-state index contributed by atoms with van der Waals surface area (Å²) in [7, 11) is 0. The number of nitrogens with zero attached hydrogens (tertiary/aromatic N) is 1. The Morgan fingerprint density at radius 1 is 1.00 bits per heavy atom. The van der Waals surface area contributed by atoms with Gasteiger partial charge in [0.2, 0.25) is 0 Å². The van der Waals surface area contributed by atoms with E-state index < -0.39 is 0 Å². The van der Waals surface area contributed by atoms with Crippen molar-refractivity contribution in [2.24, 2.45) is 0 Å². The highest BCUT2D eigenvalue weighted by Gasteiger charge is 2.40. The fraction of sp³-hybridized carbons (Fsp3) is 0.278. The number of aromatic nitrogens is 1. The highest BCUT2D eigenvalue weighted by Crippen LogP contribution is 2.48. The lowest BCUT2D eigenvalue weighted by Gasteiger charge is -2.29. The van der Waals surface area contributed by atoms with Gasteiger partial charge in [-0.1, -0.05) is 55.3 Å². The Balaban J connectivity index is 1.99. The summed E-state index contributed by atoms with van der Waals surface area (Å²) in [4.78, 5) is 4.64. The van der Waals surface area contributed by atoms with Gasteiger partial charge in [0.05, 0.1) is 5.69 Å². The summed E-state index contributed by atoms with van der Waals surface area (Å²) in [5.41, 5.74) is 8.54. The molecular formula is C18H18N2S. The topological polar surface area (TPSA) is 38.9 Å². The van der Waals surface area contributed by atoms with E-state index in [1.54, 1.807) is 11.3 Å². The van der Waals surface area contributed by atoms with E-state index in [-0.39, 0.29) is 5.41 Å². The van der Waals surface area contributed by atoms with Gasteiger partial charge in [0, 0.05) is 10.8 Å². The molecule has 2 nitrogen and oxygen atoms in total. The van der Waals surface area contributed by atoms with Gasteiger partial charge in [-0.25, -0.2) is 4.98 Å². The van der Waals surface area contributed by atoms with Crippen LogP contribution in [-0.4, -0.2) is 4.98 Å². The Hall–Kier alpha value is -1.87. The molecular weight excluding hydrogens is 276 g/mol. The molecule has 0 unspecified atom stereocenters. The van der Waals surface area contributed by atoms with Crippen LogP contribution in [0.2, 0.25) is 0 Å². The Morgan fingerprint density at radius 3 is 2.52 bits per heavy atom. The number of nitrogen functional groups attached to an aromatic ring is 1. The summed E-state index contributed by atoms with van der Waals surface area (Å²) in [5, 5.41) is 5.50. The van der Waals surface area contributed by atoms with Crippen molar-refractivity contribution in [3.05, 3.63) is 59.1 Å². The van der Waals surface area contributed by atoms with Crippen LogP contribution in [-0.2, 0) is 5.41 Å². The largest absolute Gasteiger partial charge is 0.375 e. The average molecular weight is 294 g/mol. The second kappa shape index (κ2) is 4.85. The molecule has 106 valence electrons. The first-order chi connectivity index (χ1) is 10.3. The zero-order valence-electron chi connectivity index (χ0n) is 11.9. The molecule has 0 radical (unpaired) electrons. The number of benzene rings is 2. The van der Waals surface area contributed by atoms with Crippen molar-refractivity contribution in [3.8, 4) is 0 Å². The number of hydrogen-bond acceptors (Lipinski definition) is 3. The summed E-state index contributed by atoms with van der Waals surface area (Å²) in [6.45, 7) is 0. The molecule has 3 aromatic rings. The Morgan fingerprint density at radius 2 is 1.76 bits per heavy atom. The first-order valence-corrected chi connectivity index (χ1v) is 8.37.